The topological polar surface area (TPSA) is 37.6 Å². The summed E-state index contributed by atoms with van der Waals surface area (Å²) in [5, 5.41) is 2.08. The first-order chi connectivity index (χ1) is 10.1. The number of nitrogens with zero attached hydrogens (tertiary/aromatic N) is 3. The molecule has 0 N–H and O–H groups in total. The summed E-state index contributed by atoms with van der Waals surface area (Å²) in [6, 6.07) is 11.7. The fourth-order valence-electron chi connectivity index (χ4n) is 2.32. The number of aromatic nitrogens is 2. The molecule has 3 aromatic heterocycles. The predicted octanol–water partition coefficient (Wildman–Crippen LogP) is 2.95. The highest BCUT2D eigenvalue weighted by Gasteiger charge is 2.14. The van der Waals surface area contributed by atoms with E-state index < -0.39 is 0 Å². The van der Waals surface area contributed by atoms with Gasteiger partial charge < -0.3 is 0 Å². The Hall–Kier alpha value is -1.98. The van der Waals surface area contributed by atoms with Crippen LogP contribution in [0.3, 0.4) is 0 Å². The summed E-state index contributed by atoms with van der Waals surface area (Å²) in [6.07, 6.45) is 1.74. The van der Waals surface area contributed by atoms with E-state index in [9.17, 15) is 4.79 Å². The van der Waals surface area contributed by atoms with Crippen LogP contribution >= 0.6 is 11.3 Å². The zero-order valence-corrected chi connectivity index (χ0v) is 12.9. The zero-order chi connectivity index (χ0) is 14.8. The van der Waals surface area contributed by atoms with E-state index in [1.807, 2.05) is 18.2 Å². The molecule has 0 saturated heterocycles. The quantitative estimate of drug-likeness (QED) is 0.743. The molecule has 0 radical (unpaired) electrons. The van der Waals surface area contributed by atoms with Crippen LogP contribution in [0.1, 0.15) is 23.5 Å². The summed E-state index contributed by atoms with van der Waals surface area (Å²) in [5.74, 6) is 0. The van der Waals surface area contributed by atoms with Crippen LogP contribution in [0.25, 0.3) is 5.65 Å². The lowest BCUT2D eigenvalue weighted by molar-refractivity contribution is 0.253. The van der Waals surface area contributed by atoms with Crippen molar-refractivity contribution in [1.29, 1.82) is 0 Å². The Labute approximate surface area is 127 Å². The zero-order valence-electron chi connectivity index (χ0n) is 12.1. The van der Waals surface area contributed by atoms with Gasteiger partial charge in [-0.3, -0.25) is 14.1 Å². The predicted molar refractivity (Wildman–Crippen MR) is 85.7 cm³/mol. The molecule has 108 valence electrons. The number of pyridine rings is 1. The van der Waals surface area contributed by atoms with E-state index in [4.69, 9.17) is 0 Å². The SMILES string of the molecule is CC(c1cccs1)N(C)Cc1cc(=O)n2ccccc2n1. The summed E-state index contributed by atoms with van der Waals surface area (Å²) in [7, 11) is 2.05. The maximum absolute atomic E-state index is 12.1. The minimum atomic E-state index is -0.0345. The van der Waals surface area contributed by atoms with Crippen molar-refractivity contribution in [2.45, 2.75) is 19.5 Å². The van der Waals surface area contributed by atoms with Crippen molar-refractivity contribution in [3.05, 3.63) is 68.9 Å². The fraction of sp³-hybridized carbons (Fsp3) is 0.250. The van der Waals surface area contributed by atoms with Crippen molar-refractivity contribution in [1.82, 2.24) is 14.3 Å². The van der Waals surface area contributed by atoms with Gasteiger partial charge in [-0.1, -0.05) is 12.1 Å². The number of rotatable bonds is 4. The number of fused-ring (bicyclic) bond motifs is 1. The standard InChI is InChI=1S/C16H17N3OS/c1-12(14-6-5-9-21-14)18(2)11-13-10-16(20)19-8-4-3-7-15(19)17-13/h3-10,12H,11H2,1-2H3. The van der Waals surface area contributed by atoms with Crippen LogP contribution < -0.4 is 5.56 Å². The summed E-state index contributed by atoms with van der Waals surface area (Å²) in [4.78, 5) is 20.2. The smallest absolute Gasteiger partial charge is 0.258 e. The van der Waals surface area contributed by atoms with Gasteiger partial charge in [0.05, 0.1) is 5.69 Å². The Kier molecular flexibility index (Phi) is 3.86. The van der Waals surface area contributed by atoms with E-state index >= 15 is 0 Å². The van der Waals surface area contributed by atoms with Crippen LogP contribution in [-0.2, 0) is 6.54 Å². The lowest BCUT2D eigenvalue weighted by atomic mass is 10.2. The van der Waals surface area contributed by atoms with Crippen LogP contribution in [-0.4, -0.2) is 21.3 Å². The Balaban J connectivity index is 1.86. The summed E-state index contributed by atoms with van der Waals surface area (Å²) in [5.41, 5.74) is 1.46. The molecule has 1 unspecified atom stereocenters. The van der Waals surface area contributed by atoms with Crippen LogP contribution in [0.15, 0.2) is 52.8 Å². The molecule has 3 aromatic rings. The summed E-state index contributed by atoms with van der Waals surface area (Å²) >= 11 is 1.75. The van der Waals surface area contributed by atoms with Crippen LogP contribution in [0.5, 0.6) is 0 Å². The average molecular weight is 299 g/mol. The van der Waals surface area contributed by atoms with Gasteiger partial charge in [0.2, 0.25) is 0 Å². The van der Waals surface area contributed by atoms with E-state index in [1.54, 1.807) is 28.0 Å². The molecule has 21 heavy (non-hydrogen) atoms. The van der Waals surface area contributed by atoms with Gasteiger partial charge in [0.15, 0.2) is 0 Å². The molecular weight excluding hydrogens is 282 g/mol. The van der Waals surface area contributed by atoms with Crippen molar-refractivity contribution in [3.63, 3.8) is 0 Å². The minimum Gasteiger partial charge on any atom is -0.293 e. The Bertz CT molecular complexity index is 795. The lowest BCUT2D eigenvalue weighted by Gasteiger charge is -2.23. The third-order valence-electron chi connectivity index (χ3n) is 3.65. The third-order valence-corrected chi connectivity index (χ3v) is 4.69. The van der Waals surface area contributed by atoms with Gasteiger partial charge in [0.25, 0.3) is 5.56 Å². The van der Waals surface area contributed by atoms with Crippen molar-refractivity contribution < 1.29 is 0 Å². The molecule has 0 saturated carbocycles. The highest BCUT2D eigenvalue weighted by molar-refractivity contribution is 7.10. The maximum atomic E-state index is 12.1. The average Bonchev–Trinajstić information content (AvgIpc) is 3.00. The number of hydrogen-bond donors (Lipinski definition) is 0. The first-order valence-corrected chi connectivity index (χ1v) is 7.74. The maximum Gasteiger partial charge on any atom is 0.258 e. The monoisotopic (exact) mass is 299 g/mol. The van der Waals surface area contributed by atoms with Crippen LogP contribution in [0.4, 0.5) is 0 Å². The molecule has 5 heteroatoms. The van der Waals surface area contributed by atoms with Gasteiger partial charge in [-0.2, -0.15) is 0 Å². The fourth-order valence-corrected chi connectivity index (χ4v) is 3.17. The highest BCUT2D eigenvalue weighted by atomic mass is 32.1. The van der Waals surface area contributed by atoms with Crippen LogP contribution in [0, 0.1) is 0 Å². The molecule has 3 heterocycles. The molecule has 0 aliphatic carbocycles. The molecule has 1 atom stereocenters. The van der Waals surface area contributed by atoms with Crippen molar-refractivity contribution >= 4 is 17.0 Å². The molecular formula is C16H17N3OS. The highest BCUT2D eigenvalue weighted by Crippen LogP contribution is 2.24. The van der Waals surface area contributed by atoms with Gasteiger partial charge in [-0.25, -0.2) is 4.98 Å². The summed E-state index contributed by atoms with van der Waals surface area (Å²) < 4.78 is 1.56. The first-order valence-electron chi connectivity index (χ1n) is 6.86. The van der Waals surface area contributed by atoms with E-state index in [0.29, 0.717) is 18.2 Å². The first kappa shape index (κ1) is 14.0. The summed E-state index contributed by atoms with van der Waals surface area (Å²) in [6.45, 7) is 2.82. The molecule has 0 aromatic carbocycles. The normalized spacial score (nSPS) is 12.9. The minimum absolute atomic E-state index is 0.0345. The third kappa shape index (κ3) is 2.89. The van der Waals surface area contributed by atoms with Crippen molar-refractivity contribution in [2.75, 3.05) is 7.05 Å². The van der Waals surface area contributed by atoms with Crippen LogP contribution in [0.2, 0.25) is 0 Å². The van der Waals surface area contributed by atoms with E-state index in [2.05, 4.69) is 41.4 Å². The molecule has 0 aliphatic rings. The Morgan fingerprint density at radius 3 is 2.95 bits per heavy atom. The second kappa shape index (κ2) is 5.79. The molecule has 0 bridgehead atoms. The number of thiophene rings is 1. The van der Waals surface area contributed by atoms with Gasteiger partial charge in [-0.15, -0.1) is 11.3 Å². The van der Waals surface area contributed by atoms with Crippen molar-refractivity contribution in [3.8, 4) is 0 Å². The van der Waals surface area contributed by atoms with Gasteiger partial charge in [-0.05, 0) is 37.6 Å². The Morgan fingerprint density at radius 1 is 1.33 bits per heavy atom. The van der Waals surface area contributed by atoms with Gasteiger partial charge in [0, 0.05) is 29.7 Å². The Morgan fingerprint density at radius 2 is 2.19 bits per heavy atom. The lowest BCUT2D eigenvalue weighted by Crippen LogP contribution is -2.24. The van der Waals surface area contributed by atoms with Gasteiger partial charge >= 0.3 is 0 Å². The molecule has 0 fully saturated rings. The van der Waals surface area contributed by atoms with Gasteiger partial charge in [0.1, 0.15) is 5.65 Å². The second-order valence-corrected chi connectivity index (χ2v) is 6.10. The molecule has 0 spiro atoms. The van der Waals surface area contributed by atoms with Crippen molar-refractivity contribution in [2.24, 2.45) is 0 Å². The second-order valence-electron chi connectivity index (χ2n) is 5.12. The largest absolute Gasteiger partial charge is 0.293 e. The van der Waals surface area contributed by atoms with E-state index in [-0.39, 0.29) is 5.56 Å². The van der Waals surface area contributed by atoms with E-state index in [0.717, 1.165) is 5.69 Å². The molecule has 0 amide bonds. The van der Waals surface area contributed by atoms with E-state index in [1.165, 1.54) is 4.88 Å². The molecule has 4 nitrogen and oxygen atoms in total. The molecule has 0 aliphatic heterocycles. The molecule has 3 rings (SSSR count). The number of hydrogen-bond acceptors (Lipinski definition) is 4.